The Kier molecular flexibility index (Phi) is 4.69. The summed E-state index contributed by atoms with van der Waals surface area (Å²) in [5.41, 5.74) is 5.05. The summed E-state index contributed by atoms with van der Waals surface area (Å²) < 4.78 is 0. The van der Waals surface area contributed by atoms with Gasteiger partial charge >= 0.3 is 0 Å². The van der Waals surface area contributed by atoms with Crippen LogP contribution in [0.25, 0.3) is 0 Å². The highest BCUT2D eigenvalue weighted by Crippen LogP contribution is 2.17. The summed E-state index contributed by atoms with van der Waals surface area (Å²) >= 11 is 0. The van der Waals surface area contributed by atoms with Gasteiger partial charge in [0.2, 0.25) is 0 Å². The second kappa shape index (κ2) is 6.48. The van der Waals surface area contributed by atoms with Gasteiger partial charge in [-0.15, -0.1) is 0 Å². The number of aryl methyl sites for hydroxylation is 3. The molecule has 0 saturated carbocycles. The standard InChI is InChI=1S/C17H21NO/c1-13-4-3-5-14(2)17(13)12-16(19)7-6-15-8-10-18-11-9-15/h3-5,8-11,16,19H,6-7,12H2,1-2H3. The minimum Gasteiger partial charge on any atom is -0.393 e. The van der Waals surface area contributed by atoms with Crippen molar-refractivity contribution in [1.29, 1.82) is 0 Å². The van der Waals surface area contributed by atoms with E-state index >= 15 is 0 Å². The van der Waals surface area contributed by atoms with Gasteiger partial charge in [0.15, 0.2) is 0 Å². The van der Waals surface area contributed by atoms with E-state index in [1.54, 1.807) is 12.4 Å². The molecule has 1 heterocycles. The molecule has 2 nitrogen and oxygen atoms in total. The van der Waals surface area contributed by atoms with E-state index in [1.807, 2.05) is 12.1 Å². The molecule has 0 radical (unpaired) electrons. The molecule has 1 aromatic heterocycles. The first-order chi connectivity index (χ1) is 9.16. The van der Waals surface area contributed by atoms with E-state index in [0.29, 0.717) is 0 Å². The number of aromatic nitrogens is 1. The predicted octanol–water partition coefficient (Wildman–Crippen LogP) is 3.23. The van der Waals surface area contributed by atoms with E-state index in [1.165, 1.54) is 22.3 Å². The second-order valence-corrected chi connectivity index (χ2v) is 5.12. The van der Waals surface area contributed by atoms with Crippen molar-refractivity contribution in [3.8, 4) is 0 Å². The molecule has 0 fully saturated rings. The molecule has 0 bridgehead atoms. The predicted molar refractivity (Wildman–Crippen MR) is 78.2 cm³/mol. The quantitative estimate of drug-likeness (QED) is 0.889. The molecule has 2 aromatic rings. The monoisotopic (exact) mass is 255 g/mol. The van der Waals surface area contributed by atoms with Gasteiger partial charge in [-0.25, -0.2) is 0 Å². The van der Waals surface area contributed by atoms with E-state index in [2.05, 4.69) is 37.0 Å². The Balaban J connectivity index is 1.93. The number of benzene rings is 1. The van der Waals surface area contributed by atoms with Gasteiger partial charge in [0, 0.05) is 12.4 Å². The molecule has 1 atom stereocenters. The van der Waals surface area contributed by atoms with Crippen LogP contribution in [0.4, 0.5) is 0 Å². The lowest BCUT2D eigenvalue weighted by atomic mass is 9.95. The van der Waals surface area contributed by atoms with Crippen molar-refractivity contribution in [2.75, 3.05) is 0 Å². The Hall–Kier alpha value is -1.67. The first-order valence-corrected chi connectivity index (χ1v) is 6.79. The lowest BCUT2D eigenvalue weighted by Crippen LogP contribution is -2.13. The van der Waals surface area contributed by atoms with Crippen LogP contribution in [0.1, 0.15) is 28.7 Å². The minimum absolute atomic E-state index is 0.284. The van der Waals surface area contributed by atoms with Crippen LogP contribution >= 0.6 is 0 Å². The molecule has 0 amide bonds. The Morgan fingerprint density at radius 3 is 2.32 bits per heavy atom. The van der Waals surface area contributed by atoms with Crippen LogP contribution in [0.3, 0.4) is 0 Å². The Labute approximate surface area is 115 Å². The molecule has 1 unspecified atom stereocenters. The van der Waals surface area contributed by atoms with Crippen LogP contribution in [0.2, 0.25) is 0 Å². The van der Waals surface area contributed by atoms with Crippen molar-refractivity contribution in [1.82, 2.24) is 4.98 Å². The smallest absolute Gasteiger partial charge is 0.0583 e. The van der Waals surface area contributed by atoms with Crippen molar-refractivity contribution in [2.45, 2.75) is 39.2 Å². The number of pyridine rings is 1. The molecule has 0 saturated heterocycles. The van der Waals surface area contributed by atoms with E-state index < -0.39 is 0 Å². The summed E-state index contributed by atoms with van der Waals surface area (Å²) in [4.78, 5) is 4.00. The lowest BCUT2D eigenvalue weighted by Gasteiger charge is -2.14. The Morgan fingerprint density at radius 2 is 1.68 bits per heavy atom. The SMILES string of the molecule is Cc1cccc(C)c1CC(O)CCc1ccncc1. The average molecular weight is 255 g/mol. The number of hydrogen-bond donors (Lipinski definition) is 1. The van der Waals surface area contributed by atoms with E-state index in [-0.39, 0.29) is 6.10 Å². The van der Waals surface area contributed by atoms with Crippen molar-refractivity contribution in [3.05, 3.63) is 65.0 Å². The average Bonchev–Trinajstić information content (AvgIpc) is 2.42. The molecule has 2 heteroatoms. The van der Waals surface area contributed by atoms with Gasteiger partial charge < -0.3 is 5.11 Å². The van der Waals surface area contributed by atoms with Gasteiger partial charge in [0.25, 0.3) is 0 Å². The van der Waals surface area contributed by atoms with Gasteiger partial charge in [-0.2, -0.15) is 0 Å². The maximum absolute atomic E-state index is 10.2. The van der Waals surface area contributed by atoms with Gasteiger partial charge in [0.1, 0.15) is 0 Å². The fourth-order valence-electron chi connectivity index (χ4n) is 2.39. The maximum atomic E-state index is 10.2. The number of rotatable bonds is 5. The first kappa shape index (κ1) is 13.8. The fourth-order valence-corrected chi connectivity index (χ4v) is 2.39. The zero-order valence-corrected chi connectivity index (χ0v) is 11.6. The summed E-state index contributed by atoms with van der Waals surface area (Å²) in [6.07, 6.45) is 5.74. The molecule has 0 aliphatic heterocycles. The number of nitrogens with zero attached hydrogens (tertiary/aromatic N) is 1. The van der Waals surface area contributed by atoms with Crippen molar-refractivity contribution < 1.29 is 5.11 Å². The topological polar surface area (TPSA) is 33.1 Å². The second-order valence-electron chi connectivity index (χ2n) is 5.12. The molecule has 100 valence electrons. The van der Waals surface area contributed by atoms with Gasteiger partial charge in [-0.1, -0.05) is 18.2 Å². The van der Waals surface area contributed by atoms with Crippen LogP contribution in [-0.4, -0.2) is 16.2 Å². The summed E-state index contributed by atoms with van der Waals surface area (Å²) in [6.45, 7) is 4.22. The molecule has 19 heavy (non-hydrogen) atoms. The maximum Gasteiger partial charge on any atom is 0.0583 e. The van der Waals surface area contributed by atoms with Crippen LogP contribution < -0.4 is 0 Å². The zero-order valence-electron chi connectivity index (χ0n) is 11.6. The van der Waals surface area contributed by atoms with E-state index in [4.69, 9.17) is 0 Å². The highest BCUT2D eigenvalue weighted by atomic mass is 16.3. The van der Waals surface area contributed by atoms with Crippen LogP contribution in [0, 0.1) is 13.8 Å². The number of aliphatic hydroxyl groups is 1. The van der Waals surface area contributed by atoms with Crippen LogP contribution in [0.15, 0.2) is 42.7 Å². The molecule has 0 spiro atoms. The summed E-state index contributed by atoms with van der Waals surface area (Å²) in [6, 6.07) is 10.3. The van der Waals surface area contributed by atoms with Crippen molar-refractivity contribution >= 4 is 0 Å². The first-order valence-electron chi connectivity index (χ1n) is 6.79. The third-order valence-electron chi connectivity index (χ3n) is 3.60. The Morgan fingerprint density at radius 1 is 1.05 bits per heavy atom. The summed E-state index contributed by atoms with van der Waals surface area (Å²) in [7, 11) is 0. The molecule has 0 aliphatic rings. The van der Waals surface area contributed by atoms with Crippen molar-refractivity contribution in [2.24, 2.45) is 0 Å². The largest absolute Gasteiger partial charge is 0.393 e. The van der Waals surface area contributed by atoms with Gasteiger partial charge in [-0.05, 0) is 67.5 Å². The molecule has 1 N–H and O–H groups in total. The van der Waals surface area contributed by atoms with Gasteiger partial charge in [-0.3, -0.25) is 4.98 Å². The Bertz CT molecular complexity index is 502. The third-order valence-corrected chi connectivity index (χ3v) is 3.60. The van der Waals surface area contributed by atoms with Crippen molar-refractivity contribution in [3.63, 3.8) is 0 Å². The molecular weight excluding hydrogens is 234 g/mol. The normalized spacial score (nSPS) is 12.4. The molecule has 0 aliphatic carbocycles. The number of aliphatic hydroxyl groups excluding tert-OH is 1. The highest BCUT2D eigenvalue weighted by Gasteiger charge is 2.09. The molecule has 2 rings (SSSR count). The molecular formula is C17H21NO. The minimum atomic E-state index is -0.284. The fraction of sp³-hybridized carbons (Fsp3) is 0.353. The third kappa shape index (κ3) is 3.90. The summed E-state index contributed by atoms with van der Waals surface area (Å²) in [5, 5.41) is 10.2. The summed E-state index contributed by atoms with van der Waals surface area (Å²) in [5.74, 6) is 0. The highest BCUT2D eigenvalue weighted by molar-refractivity contribution is 5.33. The van der Waals surface area contributed by atoms with Crippen LogP contribution in [0.5, 0.6) is 0 Å². The molecule has 1 aromatic carbocycles. The lowest BCUT2D eigenvalue weighted by molar-refractivity contribution is 0.165. The zero-order chi connectivity index (χ0) is 13.7. The van der Waals surface area contributed by atoms with Gasteiger partial charge in [0.05, 0.1) is 6.10 Å². The number of hydrogen-bond acceptors (Lipinski definition) is 2. The van der Waals surface area contributed by atoms with E-state index in [0.717, 1.165) is 19.3 Å². The van der Waals surface area contributed by atoms with E-state index in [9.17, 15) is 5.11 Å². The van der Waals surface area contributed by atoms with Crippen LogP contribution in [-0.2, 0) is 12.8 Å².